The van der Waals surface area contributed by atoms with Crippen LogP contribution < -0.4 is 4.72 Å². The van der Waals surface area contributed by atoms with Crippen LogP contribution in [0.3, 0.4) is 0 Å². The van der Waals surface area contributed by atoms with Crippen LogP contribution in [0, 0.1) is 5.41 Å². The first-order valence-electron chi connectivity index (χ1n) is 5.86. The molecule has 4 nitrogen and oxygen atoms in total. The van der Waals surface area contributed by atoms with Crippen LogP contribution in [0.4, 0.5) is 0 Å². The van der Waals surface area contributed by atoms with E-state index in [0.717, 1.165) is 12.8 Å². The van der Waals surface area contributed by atoms with Crippen molar-refractivity contribution < 1.29 is 13.5 Å². The van der Waals surface area contributed by atoms with Crippen LogP contribution in [0.1, 0.15) is 25.3 Å². The molecule has 0 unspecified atom stereocenters. The van der Waals surface area contributed by atoms with Crippen LogP contribution in [0.15, 0.2) is 17.0 Å². The van der Waals surface area contributed by atoms with E-state index in [9.17, 15) is 8.42 Å². The molecular formula is C12H15Cl2NO3S. The number of aliphatic hydroxyl groups is 1. The van der Waals surface area contributed by atoms with Crippen molar-refractivity contribution in [3.05, 3.63) is 27.7 Å². The lowest BCUT2D eigenvalue weighted by Crippen LogP contribution is -2.29. The maximum Gasteiger partial charge on any atom is 0.242 e. The molecule has 1 fully saturated rings. The normalized spacial score (nSPS) is 17.5. The van der Waals surface area contributed by atoms with E-state index < -0.39 is 10.0 Å². The lowest BCUT2D eigenvalue weighted by atomic mass is 10.2. The summed E-state index contributed by atoms with van der Waals surface area (Å²) in [7, 11) is -3.72. The molecule has 1 saturated carbocycles. The second kappa shape index (κ2) is 5.22. The Balaban J connectivity index is 2.31. The Bertz CT molecular complexity index is 597. The van der Waals surface area contributed by atoms with Crippen molar-refractivity contribution in [3.63, 3.8) is 0 Å². The third-order valence-corrected chi connectivity index (χ3v) is 5.53. The van der Waals surface area contributed by atoms with Gasteiger partial charge in [-0.25, -0.2) is 13.1 Å². The summed E-state index contributed by atoms with van der Waals surface area (Å²) in [5.41, 5.74) is 0.352. The Morgan fingerprint density at radius 2 is 2.00 bits per heavy atom. The third-order valence-electron chi connectivity index (χ3n) is 3.33. The highest BCUT2D eigenvalue weighted by atomic mass is 35.5. The van der Waals surface area contributed by atoms with E-state index in [1.165, 1.54) is 12.1 Å². The van der Waals surface area contributed by atoms with Crippen LogP contribution in [0.25, 0.3) is 0 Å². The molecule has 1 aliphatic rings. The Labute approximate surface area is 122 Å². The van der Waals surface area contributed by atoms with Gasteiger partial charge in [0.25, 0.3) is 0 Å². The Kier molecular flexibility index (Phi) is 4.14. The van der Waals surface area contributed by atoms with Crippen molar-refractivity contribution in [1.82, 2.24) is 4.72 Å². The SMILES string of the molecule is CC1(CNS(=O)(=O)c2cc(Cl)cc(CO)c2Cl)CC1. The predicted molar refractivity (Wildman–Crippen MR) is 74.9 cm³/mol. The molecule has 0 aliphatic heterocycles. The number of aliphatic hydroxyl groups excluding tert-OH is 1. The summed E-state index contributed by atoms with van der Waals surface area (Å²) in [5, 5.41) is 9.39. The van der Waals surface area contributed by atoms with Gasteiger partial charge in [0.2, 0.25) is 10.0 Å². The third kappa shape index (κ3) is 3.41. The smallest absolute Gasteiger partial charge is 0.242 e. The van der Waals surface area contributed by atoms with E-state index >= 15 is 0 Å². The monoisotopic (exact) mass is 323 g/mol. The first-order chi connectivity index (χ1) is 8.77. The van der Waals surface area contributed by atoms with E-state index in [1.807, 2.05) is 6.92 Å². The maximum atomic E-state index is 12.2. The van der Waals surface area contributed by atoms with Gasteiger partial charge in [-0.2, -0.15) is 0 Å². The van der Waals surface area contributed by atoms with Gasteiger partial charge in [-0.15, -0.1) is 0 Å². The fourth-order valence-electron chi connectivity index (χ4n) is 1.67. The molecule has 0 radical (unpaired) electrons. The number of halogens is 2. The summed E-state index contributed by atoms with van der Waals surface area (Å²) in [6, 6.07) is 2.74. The Morgan fingerprint density at radius 3 is 2.53 bits per heavy atom. The first-order valence-corrected chi connectivity index (χ1v) is 8.10. The fraction of sp³-hybridized carbons (Fsp3) is 0.500. The number of benzene rings is 1. The van der Waals surface area contributed by atoms with Crippen molar-refractivity contribution in [3.8, 4) is 0 Å². The average molecular weight is 324 g/mol. The lowest BCUT2D eigenvalue weighted by molar-refractivity contribution is 0.281. The zero-order valence-electron chi connectivity index (χ0n) is 10.4. The second-order valence-corrected chi connectivity index (χ2v) is 7.72. The molecule has 0 atom stereocenters. The molecule has 106 valence electrons. The highest BCUT2D eigenvalue weighted by Gasteiger charge is 2.38. The van der Waals surface area contributed by atoms with Gasteiger partial charge in [-0.05, 0) is 36.0 Å². The van der Waals surface area contributed by atoms with Crippen LogP contribution in [0.2, 0.25) is 10.0 Å². The zero-order chi connectivity index (χ0) is 14.3. The fourth-order valence-corrected chi connectivity index (χ4v) is 3.79. The molecule has 1 aromatic carbocycles. The van der Waals surface area contributed by atoms with Gasteiger partial charge in [0.05, 0.1) is 11.6 Å². The van der Waals surface area contributed by atoms with E-state index in [-0.39, 0.29) is 27.0 Å². The van der Waals surface area contributed by atoms with Crippen molar-refractivity contribution in [2.75, 3.05) is 6.54 Å². The molecule has 0 heterocycles. The van der Waals surface area contributed by atoms with Gasteiger partial charge in [0.15, 0.2) is 0 Å². The number of sulfonamides is 1. The minimum absolute atomic E-state index is 0.0142. The standard InChI is InChI=1S/C12H15Cl2NO3S/c1-12(2-3-12)7-15-19(17,18)10-5-9(13)4-8(6-16)11(10)14/h4-5,15-16H,2-3,6-7H2,1H3. The van der Waals surface area contributed by atoms with Crippen molar-refractivity contribution in [2.45, 2.75) is 31.3 Å². The quantitative estimate of drug-likeness (QED) is 0.875. The minimum atomic E-state index is -3.72. The van der Waals surface area contributed by atoms with Crippen LogP contribution in [-0.2, 0) is 16.6 Å². The summed E-state index contributed by atoms with van der Waals surface area (Å²) in [5.74, 6) is 0. The molecule has 0 spiro atoms. The highest BCUT2D eigenvalue weighted by Crippen LogP contribution is 2.44. The zero-order valence-corrected chi connectivity index (χ0v) is 12.7. The molecule has 2 rings (SSSR count). The summed E-state index contributed by atoms with van der Waals surface area (Å²) in [6.45, 7) is 2.04. The van der Waals surface area contributed by atoms with Crippen molar-refractivity contribution >= 4 is 33.2 Å². The average Bonchev–Trinajstić information content (AvgIpc) is 3.08. The van der Waals surface area contributed by atoms with Gasteiger partial charge in [0, 0.05) is 11.6 Å². The molecule has 2 N–H and O–H groups in total. The van der Waals surface area contributed by atoms with Crippen LogP contribution in [0.5, 0.6) is 0 Å². The predicted octanol–water partition coefficient (Wildman–Crippen LogP) is 2.56. The van der Waals surface area contributed by atoms with E-state index in [1.54, 1.807) is 0 Å². The van der Waals surface area contributed by atoms with Gasteiger partial charge < -0.3 is 5.11 Å². The minimum Gasteiger partial charge on any atom is -0.392 e. The van der Waals surface area contributed by atoms with E-state index in [4.69, 9.17) is 28.3 Å². The lowest BCUT2D eigenvalue weighted by Gasteiger charge is -2.13. The molecular weight excluding hydrogens is 309 g/mol. The van der Waals surface area contributed by atoms with Gasteiger partial charge >= 0.3 is 0 Å². The molecule has 1 aromatic rings. The van der Waals surface area contributed by atoms with Gasteiger partial charge in [0.1, 0.15) is 4.90 Å². The van der Waals surface area contributed by atoms with Crippen LogP contribution >= 0.6 is 23.2 Å². The number of rotatable bonds is 5. The molecule has 0 amide bonds. The van der Waals surface area contributed by atoms with Crippen molar-refractivity contribution in [1.29, 1.82) is 0 Å². The van der Waals surface area contributed by atoms with E-state index in [2.05, 4.69) is 4.72 Å². The molecule has 0 saturated heterocycles. The summed E-state index contributed by atoms with van der Waals surface area (Å²) >= 11 is 11.8. The summed E-state index contributed by atoms with van der Waals surface area (Å²) in [6.07, 6.45) is 2.03. The molecule has 1 aliphatic carbocycles. The summed E-state index contributed by atoms with van der Waals surface area (Å²) in [4.78, 5) is -0.0880. The van der Waals surface area contributed by atoms with Gasteiger partial charge in [-0.1, -0.05) is 30.1 Å². The summed E-state index contributed by atoms with van der Waals surface area (Å²) < 4.78 is 27.0. The molecule has 19 heavy (non-hydrogen) atoms. The number of hydrogen-bond donors (Lipinski definition) is 2. The first kappa shape index (κ1) is 15.1. The van der Waals surface area contributed by atoms with E-state index in [0.29, 0.717) is 12.1 Å². The van der Waals surface area contributed by atoms with Crippen LogP contribution in [-0.4, -0.2) is 20.1 Å². The second-order valence-electron chi connectivity index (χ2n) is 5.17. The molecule has 7 heteroatoms. The van der Waals surface area contributed by atoms with Gasteiger partial charge in [-0.3, -0.25) is 0 Å². The van der Waals surface area contributed by atoms with Crippen molar-refractivity contribution in [2.24, 2.45) is 5.41 Å². The Hall–Kier alpha value is -0.330. The molecule has 0 bridgehead atoms. The largest absolute Gasteiger partial charge is 0.392 e. The molecule has 0 aromatic heterocycles. The topological polar surface area (TPSA) is 66.4 Å². The number of nitrogens with one attached hydrogen (secondary N) is 1. The maximum absolute atomic E-state index is 12.2. The Morgan fingerprint density at radius 1 is 1.37 bits per heavy atom. The highest BCUT2D eigenvalue weighted by molar-refractivity contribution is 7.89. The number of hydrogen-bond acceptors (Lipinski definition) is 3.